The summed E-state index contributed by atoms with van der Waals surface area (Å²) in [6.45, 7) is 1.71. The van der Waals surface area contributed by atoms with Crippen LogP contribution in [0.2, 0.25) is 10.0 Å². The van der Waals surface area contributed by atoms with Gasteiger partial charge in [0.25, 0.3) is 11.8 Å². The molecule has 2 aromatic carbocycles. The average Bonchev–Trinajstić information content (AvgIpc) is 3.95. The average molecular weight is 734 g/mol. The Morgan fingerprint density at radius 2 is 1.66 bits per heavy atom. The van der Waals surface area contributed by atoms with E-state index in [4.69, 9.17) is 23.2 Å². The Bertz CT molecular complexity index is 2220. The molecule has 0 spiro atoms. The number of imidazole rings is 1. The standard InChI is InChI=1S/C34H30Cl2N8O5S/c1-32(17-20-3-5-21(18-37)6-4-20)30(47)43(25-14-22(35)13-23(36)15-25)31-39-19-26(44(31)32)28(45)40-34(10-11-34)29(46)41-33(8-9-33)27-16-24(7-12-38-27)42-50(2,48)49/h3-7,12-16,19H,8-11,17H2,1-2H3,(H,38,42)(H,40,45)(H,41,46)/t32-/m1/s1. The van der Waals surface area contributed by atoms with Crippen LogP contribution in [0.5, 0.6) is 0 Å². The number of nitriles is 1. The summed E-state index contributed by atoms with van der Waals surface area (Å²) in [6, 6.07) is 16.7. The molecule has 0 radical (unpaired) electrons. The Balaban J connectivity index is 1.18. The molecule has 0 unspecified atom stereocenters. The zero-order chi connectivity index (χ0) is 35.6. The molecule has 3 aliphatic rings. The molecular weight excluding hydrogens is 703 g/mol. The van der Waals surface area contributed by atoms with Crippen LogP contribution in [0.4, 0.5) is 17.3 Å². The number of carbonyl (C=O) groups excluding carboxylic acids is 3. The van der Waals surface area contributed by atoms with Crippen LogP contribution in [0.1, 0.15) is 59.9 Å². The van der Waals surface area contributed by atoms with Gasteiger partial charge in [-0.25, -0.2) is 18.3 Å². The van der Waals surface area contributed by atoms with Crippen molar-refractivity contribution in [3.8, 4) is 6.07 Å². The molecule has 13 nitrogen and oxygen atoms in total. The second kappa shape index (κ2) is 11.8. The lowest BCUT2D eigenvalue weighted by Gasteiger charge is -2.27. The lowest BCUT2D eigenvalue weighted by atomic mass is 9.91. The van der Waals surface area contributed by atoms with Gasteiger partial charge in [0.2, 0.25) is 21.9 Å². The molecule has 3 heterocycles. The summed E-state index contributed by atoms with van der Waals surface area (Å²) in [7, 11) is -3.52. The molecule has 2 aromatic heterocycles. The van der Waals surface area contributed by atoms with Gasteiger partial charge < -0.3 is 10.6 Å². The number of amides is 3. The molecule has 0 bridgehead atoms. The Morgan fingerprint density at radius 1 is 0.980 bits per heavy atom. The van der Waals surface area contributed by atoms with Gasteiger partial charge in [-0.2, -0.15) is 5.26 Å². The summed E-state index contributed by atoms with van der Waals surface area (Å²) >= 11 is 12.6. The number of fused-ring (bicyclic) bond motifs is 1. The fourth-order valence-corrected chi connectivity index (χ4v) is 7.49. The Hall–Kier alpha value is -4.97. The van der Waals surface area contributed by atoms with Gasteiger partial charge >= 0.3 is 0 Å². The third kappa shape index (κ3) is 6.06. The highest BCUT2D eigenvalue weighted by atomic mass is 35.5. The van der Waals surface area contributed by atoms with Crippen LogP contribution >= 0.6 is 23.2 Å². The number of hydrogen-bond acceptors (Lipinski definition) is 8. The van der Waals surface area contributed by atoms with Crippen LogP contribution in [0, 0.1) is 11.3 Å². The predicted molar refractivity (Wildman–Crippen MR) is 186 cm³/mol. The minimum absolute atomic E-state index is 0.0709. The van der Waals surface area contributed by atoms with Crippen LogP contribution in [-0.4, -0.2) is 52.5 Å². The number of benzene rings is 2. The number of nitrogens with one attached hydrogen (secondary N) is 3. The van der Waals surface area contributed by atoms with E-state index < -0.39 is 32.5 Å². The van der Waals surface area contributed by atoms with Gasteiger partial charge in [-0.3, -0.25) is 28.7 Å². The van der Waals surface area contributed by atoms with E-state index in [1.807, 2.05) is 0 Å². The molecule has 2 aliphatic carbocycles. The van der Waals surface area contributed by atoms with Crippen LogP contribution in [0.15, 0.2) is 67.0 Å². The number of hydrogen-bond donors (Lipinski definition) is 3. The lowest BCUT2D eigenvalue weighted by molar-refractivity contribution is -0.125. The van der Waals surface area contributed by atoms with Crippen molar-refractivity contribution in [1.82, 2.24) is 25.2 Å². The number of carbonyl (C=O) groups is 3. The fourth-order valence-electron chi connectivity index (χ4n) is 6.42. The van der Waals surface area contributed by atoms with E-state index in [2.05, 4.69) is 31.4 Å². The Labute approximate surface area is 297 Å². The van der Waals surface area contributed by atoms with Gasteiger partial charge in [0.1, 0.15) is 16.8 Å². The number of aromatic nitrogens is 3. The molecule has 7 rings (SSSR count). The monoisotopic (exact) mass is 732 g/mol. The summed E-state index contributed by atoms with van der Waals surface area (Å²) < 4.78 is 27.5. The van der Waals surface area contributed by atoms with Gasteiger partial charge in [0, 0.05) is 22.7 Å². The molecule has 4 aromatic rings. The topological polar surface area (TPSA) is 179 Å². The highest BCUT2D eigenvalue weighted by molar-refractivity contribution is 7.92. The van der Waals surface area contributed by atoms with Crippen molar-refractivity contribution < 1.29 is 22.8 Å². The molecule has 2 fully saturated rings. The maximum absolute atomic E-state index is 14.4. The molecule has 50 heavy (non-hydrogen) atoms. The highest BCUT2D eigenvalue weighted by Crippen LogP contribution is 2.48. The number of pyridine rings is 1. The third-order valence-corrected chi connectivity index (χ3v) is 10.3. The maximum Gasteiger partial charge on any atom is 0.270 e. The number of anilines is 3. The number of rotatable bonds is 10. The Kier molecular flexibility index (Phi) is 7.93. The van der Waals surface area contributed by atoms with E-state index >= 15 is 0 Å². The minimum atomic E-state index is -3.52. The van der Waals surface area contributed by atoms with Gasteiger partial charge in [0.05, 0.1) is 46.7 Å². The number of nitrogens with zero attached hydrogens (tertiary/aromatic N) is 5. The van der Waals surface area contributed by atoms with E-state index in [1.54, 1.807) is 60.0 Å². The smallest absolute Gasteiger partial charge is 0.270 e. The zero-order valence-corrected chi connectivity index (χ0v) is 29.2. The summed E-state index contributed by atoms with van der Waals surface area (Å²) in [4.78, 5) is 52.5. The van der Waals surface area contributed by atoms with E-state index in [0.29, 0.717) is 58.4 Å². The van der Waals surface area contributed by atoms with Crippen LogP contribution in [-0.2, 0) is 37.1 Å². The van der Waals surface area contributed by atoms with Crippen molar-refractivity contribution in [3.05, 3.63) is 99.6 Å². The second-order valence-corrected chi connectivity index (χ2v) is 15.8. The second-order valence-electron chi connectivity index (χ2n) is 13.2. The number of halogens is 2. The molecule has 256 valence electrons. The molecule has 1 aliphatic heterocycles. The van der Waals surface area contributed by atoms with Crippen molar-refractivity contribution in [2.75, 3.05) is 15.9 Å². The molecule has 3 amide bonds. The van der Waals surface area contributed by atoms with Gasteiger partial charge in [0.15, 0.2) is 0 Å². The third-order valence-electron chi connectivity index (χ3n) is 9.26. The molecule has 1 atom stereocenters. The van der Waals surface area contributed by atoms with E-state index in [0.717, 1.165) is 11.8 Å². The van der Waals surface area contributed by atoms with E-state index in [1.165, 1.54) is 23.4 Å². The van der Waals surface area contributed by atoms with Gasteiger partial charge in [-0.05, 0) is 80.6 Å². The SMILES string of the molecule is C[C@@]1(Cc2ccc(C#N)cc2)C(=O)N(c2cc(Cl)cc(Cl)c2)c2ncc(C(=O)NC3(C(=O)NC4(c5cc(NS(C)(=O)=O)ccn5)CC4)CC3)n21. The largest absolute Gasteiger partial charge is 0.343 e. The lowest BCUT2D eigenvalue weighted by Crippen LogP contribution is -2.52. The summed E-state index contributed by atoms with van der Waals surface area (Å²) in [5.41, 5.74) is -0.868. The quantitative estimate of drug-likeness (QED) is 0.213. The fraction of sp³-hybridized carbons (Fsp3) is 0.294. The molecule has 16 heteroatoms. The van der Waals surface area contributed by atoms with Gasteiger partial charge in [-0.15, -0.1) is 0 Å². The van der Waals surface area contributed by atoms with Crippen molar-refractivity contribution in [1.29, 1.82) is 5.26 Å². The van der Waals surface area contributed by atoms with Crippen molar-refractivity contribution in [2.45, 2.75) is 55.6 Å². The molecule has 2 saturated carbocycles. The molecule has 0 saturated heterocycles. The number of sulfonamides is 1. The Morgan fingerprint density at radius 3 is 2.26 bits per heavy atom. The molecule has 3 N–H and O–H groups in total. The predicted octanol–water partition coefficient (Wildman–Crippen LogP) is 4.53. The van der Waals surface area contributed by atoms with E-state index in [-0.39, 0.29) is 29.9 Å². The van der Waals surface area contributed by atoms with Gasteiger partial charge in [-0.1, -0.05) is 35.3 Å². The van der Waals surface area contributed by atoms with E-state index in [9.17, 15) is 28.1 Å². The molecular formula is C34H30Cl2N8O5S. The summed E-state index contributed by atoms with van der Waals surface area (Å²) in [5, 5.41) is 15.9. The zero-order valence-electron chi connectivity index (χ0n) is 26.8. The highest BCUT2D eigenvalue weighted by Gasteiger charge is 2.57. The van der Waals surface area contributed by atoms with Crippen molar-refractivity contribution in [2.24, 2.45) is 0 Å². The first-order valence-corrected chi connectivity index (χ1v) is 18.3. The first kappa shape index (κ1) is 33.5. The first-order chi connectivity index (χ1) is 23.7. The van der Waals surface area contributed by atoms with Crippen molar-refractivity contribution >= 4 is 68.3 Å². The van der Waals surface area contributed by atoms with Crippen LogP contribution in [0.25, 0.3) is 0 Å². The minimum Gasteiger partial charge on any atom is -0.343 e. The summed E-state index contributed by atoms with van der Waals surface area (Å²) in [6.07, 6.45) is 6.00. The first-order valence-electron chi connectivity index (χ1n) is 15.6. The van der Waals surface area contributed by atoms with Crippen molar-refractivity contribution in [3.63, 3.8) is 0 Å². The van der Waals surface area contributed by atoms with Crippen LogP contribution < -0.4 is 20.3 Å². The van der Waals surface area contributed by atoms with Crippen LogP contribution in [0.3, 0.4) is 0 Å². The summed E-state index contributed by atoms with van der Waals surface area (Å²) in [5.74, 6) is -1.19. The maximum atomic E-state index is 14.4. The normalized spacial score (nSPS) is 19.7.